The standard InChI is InChI=1S/C28H31N7O5/c29-13-25(36)33-22(11-18-14-31-21-9-5-4-8-20(18)21)26(37)34-23(12-19-15-30-16-32-19)27(38)35-24(28(39)40)10-17-6-2-1-3-7-17/h1-9,14-16,22-24,31H,10-13,29H2,(H,30,32)(H,33,36)(H,34,37)(H,35,38)(H,39,40). The number of imidazole rings is 1. The topological polar surface area (TPSA) is 195 Å². The van der Waals surface area contributed by atoms with Crippen molar-refractivity contribution in [3.05, 3.63) is 90.1 Å². The molecule has 3 unspecified atom stereocenters. The fraction of sp³-hybridized carbons (Fsp3) is 0.250. The molecule has 0 bridgehead atoms. The summed E-state index contributed by atoms with van der Waals surface area (Å²) in [6, 6.07) is 13.0. The Morgan fingerprint density at radius 1 is 0.825 bits per heavy atom. The van der Waals surface area contributed by atoms with Gasteiger partial charge in [-0.1, -0.05) is 48.5 Å². The first-order chi connectivity index (χ1) is 19.3. The van der Waals surface area contributed by atoms with Gasteiger partial charge in [0.1, 0.15) is 18.1 Å². The fourth-order valence-corrected chi connectivity index (χ4v) is 4.40. The number of fused-ring (bicyclic) bond motifs is 1. The van der Waals surface area contributed by atoms with E-state index in [9.17, 15) is 24.3 Å². The van der Waals surface area contributed by atoms with Gasteiger partial charge < -0.3 is 36.8 Å². The van der Waals surface area contributed by atoms with Crippen LogP contribution in [0.4, 0.5) is 0 Å². The molecule has 0 spiro atoms. The number of carbonyl (C=O) groups excluding carboxylic acids is 3. The third kappa shape index (κ3) is 7.32. The lowest BCUT2D eigenvalue weighted by Crippen LogP contribution is -2.57. The molecule has 0 aliphatic rings. The number of hydrogen-bond donors (Lipinski definition) is 7. The van der Waals surface area contributed by atoms with Gasteiger partial charge in [-0.3, -0.25) is 14.4 Å². The smallest absolute Gasteiger partial charge is 0.326 e. The molecule has 4 rings (SSSR count). The van der Waals surface area contributed by atoms with Crippen LogP contribution in [0.5, 0.6) is 0 Å². The van der Waals surface area contributed by atoms with Crippen molar-refractivity contribution in [3.63, 3.8) is 0 Å². The summed E-state index contributed by atoms with van der Waals surface area (Å²) in [5.41, 5.74) is 8.43. The molecule has 2 aromatic carbocycles. The highest BCUT2D eigenvalue weighted by atomic mass is 16.4. The number of para-hydroxylation sites is 1. The highest BCUT2D eigenvalue weighted by molar-refractivity contribution is 5.94. The van der Waals surface area contributed by atoms with Crippen LogP contribution in [0.25, 0.3) is 10.9 Å². The molecule has 0 radical (unpaired) electrons. The van der Waals surface area contributed by atoms with Crippen LogP contribution in [0.2, 0.25) is 0 Å². The molecule has 2 heterocycles. The number of benzene rings is 2. The van der Waals surface area contributed by atoms with Crippen LogP contribution in [-0.2, 0) is 38.4 Å². The van der Waals surface area contributed by atoms with Crippen molar-refractivity contribution in [1.82, 2.24) is 30.9 Å². The zero-order valence-corrected chi connectivity index (χ0v) is 21.6. The van der Waals surface area contributed by atoms with E-state index in [0.29, 0.717) is 5.69 Å². The SMILES string of the molecule is NCC(=O)NC(Cc1c[nH]c2ccccc12)C(=O)NC(Cc1cnc[nH]1)C(=O)NC(Cc1ccccc1)C(=O)O. The van der Waals surface area contributed by atoms with Crippen LogP contribution in [0.15, 0.2) is 73.3 Å². The lowest BCUT2D eigenvalue weighted by molar-refractivity contribution is -0.142. The molecular formula is C28H31N7O5. The quantitative estimate of drug-likeness (QED) is 0.126. The molecule has 4 aromatic rings. The van der Waals surface area contributed by atoms with Crippen LogP contribution in [-0.4, -0.2) is 68.4 Å². The number of hydrogen-bond acceptors (Lipinski definition) is 6. The van der Waals surface area contributed by atoms with Crippen molar-refractivity contribution >= 4 is 34.6 Å². The molecule has 3 amide bonds. The molecule has 0 saturated heterocycles. The zero-order valence-electron chi connectivity index (χ0n) is 21.6. The number of carbonyl (C=O) groups is 4. The second-order valence-electron chi connectivity index (χ2n) is 9.32. The summed E-state index contributed by atoms with van der Waals surface area (Å²) in [4.78, 5) is 61.0. The van der Waals surface area contributed by atoms with E-state index in [4.69, 9.17) is 5.73 Å². The van der Waals surface area contributed by atoms with Gasteiger partial charge in [0.05, 0.1) is 12.9 Å². The molecular weight excluding hydrogens is 514 g/mol. The number of rotatable bonds is 13. The van der Waals surface area contributed by atoms with E-state index in [1.807, 2.05) is 30.3 Å². The van der Waals surface area contributed by atoms with Gasteiger partial charge >= 0.3 is 5.97 Å². The van der Waals surface area contributed by atoms with E-state index < -0.39 is 41.8 Å². The number of carboxylic acid groups (broad SMARTS) is 1. The highest BCUT2D eigenvalue weighted by Gasteiger charge is 2.30. The number of aromatic nitrogens is 3. The van der Waals surface area contributed by atoms with Gasteiger partial charge in [0.25, 0.3) is 0 Å². The van der Waals surface area contributed by atoms with E-state index in [2.05, 4.69) is 30.9 Å². The minimum absolute atomic E-state index is 0.0138. The molecule has 0 aliphatic carbocycles. The van der Waals surface area contributed by atoms with Crippen molar-refractivity contribution in [2.45, 2.75) is 37.4 Å². The van der Waals surface area contributed by atoms with Crippen molar-refractivity contribution < 1.29 is 24.3 Å². The highest BCUT2D eigenvalue weighted by Crippen LogP contribution is 2.19. The minimum Gasteiger partial charge on any atom is -0.480 e. The summed E-state index contributed by atoms with van der Waals surface area (Å²) in [5.74, 6) is -3.07. The maximum Gasteiger partial charge on any atom is 0.326 e. The van der Waals surface area contributed by atoms with Crippen molar-refractivity contribution in [1.29, 1.82) is 0 Å². The summed E-state index contributed by atoms with van der Waals surface area (Å²) < 4.78 is 0. The Balaban J connectivity index is 1.54. The summed E-state index contributed by atoms with van der Waals surface area (Å²) >= 11 is 0. The average Bonchev–Trinajstić information content (AvgIpc) is 3.62. The molecule has 0 fully saturated rings. The van der Waals surface area contributed by atoms with Crippen LogP contribution in [0.3, 0.4) is 0 Å². The first kappa shape index (κ1) is 28.0. The second kappa shape index (κ2) is 13.2. The van der Waals surface area contributed by atoms with E-state index in [1.165, 1.54) is 12.5 Å². The Kier molecular flexibility index (Phi) is 9.26. The third-order valence-electron chi connectivity index (χ3n) is 6.45. The predicted molar refractivity (Wildman–Crippen MR) is 147 cm³/mol. The maximum atomic E-state index is 13.5. The van der Waals surface area contributed by atoms with Gasteiger partial charge in [0.15, 0.2) is 0 Å². The lowest BCUT2D eigenvalue weighted by Gasteiger charge is -2.24. The summed E-state index contributed by atoms with van der Waals surface area (Å²) in [5, 5.41) is 18.5. The van der Waals surface area contributed by atoms with Gasteiger partial charge in [-0.25, -0.2) is 9.78 Å². The predicted octanol–water partition coefficient (Wildman–Crippen LogP) is 0.417. The van der Waals surface area contributed by atoms with Gasteiger partial charge in [0.2, 0.25) is 17.7 Å². The maximum absolute atomic E-state index is 13.5. The van der Waals surface area contributed by atoms with Crippen LogP contribution in [0, 0.1) is 0 Å². The Morgan fingerprint density at radius 3 is 2.17 bits per heavy atom. The molecule has 12 nitrogen and oxygen atoms in total. The molecule has 8 N–H and O–H groups in total. The second-order valence-corrected chi connectivity index (χ2v) is 9.32. The van der Waals surface area contributed by atoms with Crippen LogP contribution < -0.4 is 21.7 Å². The number of H-pyrrole nitrogens is 2. The zero-order chi connectivity index (χ0) is 28.5. The Bertz CT molecular complexity index is 1450. The number of aromatic amines is 2. The third-order valence-corrected chi connectivity index (χ3v) is 6.45. The van der Waals surface area contributed by atoms with Gasteiger partial charge in [-0.15, -0.1) is 0 Å². The number of aliphatic carboxylic acids is 1. The van der Waals surface area contributed by atoms with Crippen molar-refractivity contribution in [2.75, 3.05) is 6.54 Å². The van der Waals surface area contributed by atoms with E-state index in [1.54, 1.807) is 30.5 Å². The molecule has 0 saturated carbocycles. The molecule has 208 valence electrons. The number of carboxylic acids is 1. The van der Waals surface area contributed by atoms with Crippen LogP contribution >= 0.6 is 0 Å². The monoisotopic (exact) mass is 545 g/mol. The fourth-order valence-electron chi connectivity index (χ4n) is 4.40. The Labute approximate surface area is 229 Å². The number of nitrogens with two attached hydrogens (primary N) is 1. The summed E-state index contributed by atoms with van der Waals surface area (Å²) in [6.45, 7) is -0.324. The number of nitrogens with one attached hydrogen (secondary N) is 5. The van der Waals surface area contributed by atoms with E-state index in [0.717, 1.165) is 22.0 Å². The van der Waals surface area contributed by atoms with E-state index in [-0.39, 0.29) is 25.8 Å². The molecule has 2 aromatic heterocycles. The lowest BCUT2D eigenvalue weighted by atomic mass is 10.0. The molecule has 0 aliphatic heterocycles. The van der Waals surface area contributed by atoms with Crippen molar-refractivity contribution in [2.24, 2.45) is 5.73 Å². The van der Waals surface area contributed by atoms with Gasteiger partial charge in [-0.2, -0.15) is 0 Å². The minimum atomic E-state index is -1.23. The largest absolute Gasteiger partial charge is 0.480 e. The van der Waals surface area contributed by atoms with Gasteiger partial charge in [0, 0.05) is 48.3 Å². The molecule has 40 heavy (non-hydrogen) atoms. The molecule has 3 atom stereocenters. The van der Waals surface area contributed by atoms with Crippen molar-refractivity contribution in [3.8, 4) is 0 Å². The summed E-state index contributed by atoms with van der Waals surface area (Å²) in [6.07, 6.45) is 4.90. The average molecular weight is 546 g/mol. The Hall–Kier alpha value is -4.97. The summed E-state index contributed by atoms with van der Waals surface area (Å²) in [7, 11) is 0. The normalized spacial score (nSPS) is 13.2. The first-order valence-electron chi connectivity index (χ1n) is 12.7. The first-order valence-corrected chi connectivity index (χ1v) is 12.7. The van der Waals surface area contributed by atoms with Crippen LogP contribution in [0.1, 0.15) is 16.8 Å². The van der Waals surface area contributed by atoms with Gasteiger partial charge in [-0.05, 0) is 17.2 Å². The number of nitrogens with zero attached hydrogens (tertiary/aromatic N) is 1. The number of amides is 3. The molecule has 12 heteroatoms. The van der Waals surface area contributed by atoms with E-state index >= 15 is 0 Å². The Morgan fingerprint density at radius 2 is 1.50 bits per heavy atom.